The monoisotopic (exact) mass is 294 g/mol. The summed E-state index contributed by atoms with van der Waals surface area (Å²) >= 11 is 0. The number of aromatic nitrogens is 4. The van der Waals surface area contributed by atoms with E-state index in [0.29, 0.717) is 12.3 Å². The molecule has 0 N–H and O–H groups in total. The van der Waals surface area contributed by atoms with Crippen molar-refractivity contribution in [1.29, 1.82) is 0 Å². The number of ether oxygens (including phenoxy) is 1. The summed E-state index contributed by atoms with van der Waals surface area (Å²) in [6.45, 7) is 4.38. The van der Waals surface area contributed by atoms with Crippen LogP contribution in [0.3, 0.4) is 0 Å². The van der Waals surface area contributed by atoms with E-state index in [-0.39, 0.29) is 5.97 Å². The molecule has 6 heteroatoms. The van der Waals surface area contributed by atoms with Gasteiger partial charge in [-0.25, -0.2) is 4.68 Å². The molecule has 110 valence electrons. The Bertz CT molecular complexity index is 885. The Hall–Kier alpha value is -2.76. The first kappa shape index (κ1) is 12.9. The Morgan fingerprint density at radius 2 is 2.05 bits per heavy atom. The van der Waals surface area contributed by atoms with Gasteiger partial charge in [0.2, 0.25) is 0 Å². The number of carbonyl (C=O) groups is 1. The van der Waals surface area contributed by atoms with Gasteiger partial charge in [-0.15, -0.1) is 5.10 Å². The van der Waals surface area contributed by atoms with E-state index in [9.17, 15) is 4.79 Å². The van der Waals surface area contributed by atoms with Crippen LogP contribution in [0.15, 0.2) is 36.7 Å². The van der Waals surface area contributed by atoms with Crippen LogP contribution < -0.4 is 4.74 Å². The number of nitrogens with zero attached hydrogens (tertiary/aromatic N) is 4. The Balaban J connectivity index is 1.89. The molecule has 1 aliphatic rings. The first-order valence-corrected chi connectivity index (χ1v) is 7.05. The predicted octanol–water partition coefficient (Wildman–Crippen LogP) is 2.07. The van der Waals surface area contributed by atoms with Crippen LogP contribution in [0.4, 0.5) is 0 Å². The number of hydrogen-bond donors (Lipinski definition) is 0. The van der Waals surface area contributed by atoms with Gasteiger partial charge in [0.15, 0.2) is 0 Å². The summed E-state index contributed by atoms with van der Waals surface area (Å²) in [6.07, 6.45) is 1.58. The van der Waals surface area contributed by atoms with Gasteiger partial charge < -0.3 is 4.74 Å². The molecule has 0 amide bonds. The molecule has 0 radical (unpaired) electrons. The molecule has 0 aliphatic carbocycles. The third kappa shape index (κ3) is 1.80. The third-order valence-corrected chi connectivity index (χ3v) is 4.12. The van der Waals surface area contributed by atoms with Crippen molar-refractivity contribution in [1.82, 2.24) is 20.2 Å². The lowest BCUT2D eigenvalue weighted by atomic mass is 9.83. The molecule has 0 fully saturated rings. The minimum atomic E-state index is -0.637. The average molecular weight is 294 g/mol. The summed E-state index contributed by atoms with van der Waals surface area (Å²) in [5.41, 5.74) is 1.39. The molecule has 4 rings (SSSR count). The highest BCUT2D eigenvalue weighted by Crippen LogP contribution is 2.43. The maximum atomic E-state index is 12.1. The van der Waals surface area contributed by atoms with Crippen molar-refractivity contribution in [2.24, 2.45) is 0 Å². The molecule has 6 nitrogen and oxygen atoms in total. The fraction of sp³-hybridized carbons (Fsp3) is 0.250. The van der Waals surface area contributed by atoms with Crippen LogP contribution in [-0.4, -0.2) is 26.2 Å². The molecule has 1 aromatic heterocycles. The number of rotatable bonds is 2. The van der Waals surface area contributed by atoms with Crippen molar-refractivity contribution < 1.29 is 9.53 Å². The van der Waals surface area contributed by atoms with Crippen molar-refractivity contribution in [3.8, 4) is 5.75 Å². The molecule has 0 atom stereocenters. The molecular formula is C16H14N4O2. The molecule has 0 bridgehead atoms. The minimum Gasteiger partial charge on any atom is -0.426 e. The van der Waals surface area contributed by atoms with E-state index in [1.54, 1.807) is 11.0 Å². The highest BCUT2D eigenvalue weighted by atomic mass is 16.5. The van der Waals surface area contributed by atoms with Gasteiger partial charge in [-0.05, 0) is 52.7 Å². The quantitative estimate of drug-likeness (QED) is 0.534. The van der Waals surface area contributed by atoms with Gasteiger partial charge in [0.1, 0.15) is 12.1 Å². The molecule has 0 unspecified atom stereocenters. The smallest absolute Gasteiger partial charge is 0.321 e. The standard InChI is InChI=1S/C16H14N4O2/c1-16(2)14-12-7-10(8-20-9-17-18-19-20)3-4-11(12)5-6-13(14)22-15(16)21/h3-7,9H,8H2,1-2H3. The van der Waals surface area contributed by atoms with Crippen molar-refractivity contribution >= 4 is 16.7 Å². The normalized spacial score (nSPS) is 15.8. The lowest BCUT2D eigenvalue weighted by Gasteiger charge is -2.16. The maximum Gasteiger partial charge on any atom is 0.321 e. The third-order valence-electron chi connectivity index (χ3n) is 4.12. The van der Waals surface area contributed by atoms with E-state index in [2.05, 4.69) is 21.6 Å². The summed E-state index contributed by atoms with van der Waals surface area (Å²) in [5.74, 6) is 0.447. The summed E-state index contributed by atoms with van der Waals surface area (Å²) in [7, 11) is 0. The lowest BCUT2D eigenvalue weighted by Crippen LogP contribution is -2.26. The molecule has 0 spiro atoms. The maximum absolute atomic E-state index is 12.1. The molecule has 3 aromatic rings. The van der Waals surface area contributed by atoms with E-state index < -0.39 is 5.41 Å². The number of fused-ring (bicyclic) bond motifs is 3. The summed E-state index contributed by atoms with van der Waals surface area (Å²) in [4.78, 5) is 12.1. The van der Waals surface area contributed by atoms with Crippen LogP contribution in [0.5, 0.6) is 5.75 Å². The number of carbonyl (C=O) groups excluding carboxylic acids is 1. The molecule has 2 heterocycles. The number of tetrazole rings is 1. The average Bonchev–Trinajstić information content (AvgIpc) is 3.06. The lowest BCUT2D eigenvalue weighted by molar-refractivity contribution is -0.137. The van der Waals surface area contributed by atoms with Crippen molar-refractivity contribution in [3.05, 3.63) is 47.8 Å². The van der Waals surface area contributed by atoms with Gasteiger partial charge in [0, 0.05) is 5.56 Å². The zero-order chi connectivity index (χ0) is 15.3. The molecule has 22 heavy (non-hydrogen) atoms. The molecule has 2 aromatic carbocycles. The first-order chi connectivity index (χ1) is 10.6. The number of benzene rings is 2. The molecule has 0 saturated heterocycles. The van der Waals surface area contributed by atoms with Crippen molar-refractivity contribution in [3.63, 3.8) is 0 Å². The summed E-state index contributed by atoms with van der Waals surface area (Å²) in [5, 5.41) is 13.3. The van der Waals surface area contributed by atoms with Gasteiger partial charge in [-0.2, -0.15) is 0 Å². The van der Waals surface area contributed by atoms with Crippen LogP contribution in [0.2, 0.25) is 0 Å². The van der Waals surface area contributed by atoms with E-state index in [1.807, 2.05) is 38.1 Å². The molecular weight excluding hydrogens is 280 g/mol. The van der Waals surface area contributed by atoms with Gasteiger partial charge in [-0.3, -0.25) is 4.79 Å². The fourth-order valence-electron chi connectivity index (χ4n) is 2.94. The van der Waals surface area contributed by atoms with E-state index >= 15 is 0 Å². The zero-order valence-corrected chi connectivity index (χ0v) is 12.3. The minimum absolute atomic E-state index is 0.208. The van der Waals surface area contributed by atoms with Crippen molar-refractivity contribution in [2.75, 3.05) is 0 Å². The van der Waals surface area contributed by atoms with E-state index in [0.717, 1.165) is 21.9 Å². The number of hydrogen-bond acceptors (Lipinski definition) is 5. The van der Waals surface area contributed by atoms with E-state index in [4.69, 9.17) is 4.74 Å². The topological polar surface area (TPSA) is 69.9 Å². The van der Waals surface area contributed by atoms with E-state index in [1.165, 1.54) is 0 Å². The highest BCUT2D eigenvalue weighted by molar-refractivity contribution is 6.00. The van der Waals surface area contributed by atoms with Crippen LogP contribution in [0.1, 0.15) is 25.0 Å². The summed E-state index contributed by atoms with van der Waals surface area (Å²) < 4.78 is 7.06. The number of esters is 1. The van der Waals surface area contributed by atoms with Gasteiger partial charge >= 0.3 is 5.97 Å². The van der Waals surface area contributed by atoms with Crippen LogP contribution in [-0.2, 0) is 16.8 Å². The second-order valence-corrected chi connectivity index (χ2v) is 6.02. The summed E-state index contributed by atoms with van der Waals surface area (Å²) in [6, 6.07) is 10.0. The van der Waals surface area contributed by atoms with Crippen molar-refractivity contribution in [2.45, 2.75) is 25.8 Å². The first-order valence-electron chi connectivity index (χ1n) is 7.05. The largest absolute Gasteiger partial charge is 0.426 e. The fourth-order valence-corrected chi connectivity index (χ4v) is 2.94. The Kier molecular flexibility index (Phi) is 2.57. The van der Waals surface area contributed by atoms with Gasteiger partial charge in [0.05, 0.1) is 12.0 Å². The van der Waals surface area contributed by atoms with Crippen LogP contribution >= 0.6 is 0 Å². The Morgan fingerprint density at radius 3 is 2.82 bits per heavy atom. The SMILES string of the molecule is CC1(C)C(=O)Oc2ccc3ccc(Cn4cnnn4)cc3c21. The molecule has 1 aliphatic heterocycles. The zero-order valence-electron chi connectivity index (χ0n) is 12.3. The second-order valence-electron chi connectivity index (χ2n) is 6.02. The van der Waals surface area contributed by atoms with Gasteiger partial charge in [0.25, 0.3) is 0 Å². The van der Waals surface area contributed by atoms with Crippen LogP contribution in [0, 0.1) is 0 Å². The second kappa shape index (κ2) is 4.37. The molecule has 0 saturated carbocycles. The Morgan fingerprint density at radius 1 is 1.23 bits per heavy atom. The highest BCUT2D eigenvalue weighted by Gasteiger charge is 2.42. The van der Waals surface area contributed by atoms with Gasteiger partial charge in [-0.1, -0.05) is 18.2 Å². The van der Waals surface area contributed by atoms with Crippen LogP contribution in [0.25, 0.3) is 10.8 Å². The Labute approximate surface area is 126 Å². The predicted molar refractivity (Wildman–Crippen MR) is 79.5 cm³/mol.